The Balaban J connectivity index is 3.18. The Bertz CT molecular complexity index is 401. The maximum atomic E-state index is 11.3. The highest BCUT2D eigenvalue weighted by molar-refractivity contribution is 6.31. The van der Waals surface area contributed by atoms with Crippen molar-refractivity contribution in [1.29, 1.82) is 0 Å². The number of aryl methyl sites for hydroxylation is 1. The molecule has 0 saturated heterocycles. The summed E-state index contributed by atoms with van der Waals surface area (Å²) in [5.74, 6) is -0.603. The van der Waals surface area contributed by atoms with Gasteiger partial charge in [0.1, 0.15) is 0 Å². The fourth-order valence-corrected chi connectivity index (χ4v) is 1.47. The number of nitrogens with zero attached hydrogens (tertiary/aromatic N) is 1. The van der Waals surface area contributed by atoms with Crippen molar-refractivity contribution in [3.05, 3.63) is 28.8 Å². The molecule has 0 aromatic heterocycles. The Morgan fingerprint density at radius 1 is 1.20 bits per heavy atom. The third-order valence-electron chi connectivity index (χ3n) is 2.03. The third kappa shape index (κ3) is 2.57. The minimum Gasteiger partial charge on any atom is -0.274 e. The number of hydrogen-bond donors (Lipinski definition) is 0. The van der Waals surface area contributed by atoms with Gasteiger partial charge >= 0.3 is 0 Å². The van der Waals surface area contributed by atoms with Gasteiger partial charge in [-0.1, -0.05) is 11.6 Å². The summed E-state index contributed by atoms with van der Waals surface area (Å²) in [7, 11) is 0. The van der Waals surface area contributed by atoms with Gasteiger partial charge in [0.05, 0.1) is 5.69 Å². The van der Waals surface area contributed by atoms with Gasteiger partial charge in [0, 0.05) is 18.9 Å². The largest absolute Gasteiger partial charge is 0.274 e. The van der Waals surface area contributed by atoms with Gasteiger partial charge in [-0.2, -0.15) is 0 Å². The van der Waals surface area contributed by atoms with Crippen molar-refractivity contribution in [3.8, 4) is 0 Å². The lowest BCUT2D eigenvalue weighted by Gasteiger charge is -2.17. The monoisotopic (exact) mass is 225 g/mol. The molecule has 15 heavy (non-hydrogen) atoms. The summed E-state index contributed by atoms with van der Waals surface area (Å²) in [6.45, 7) is 4.53. The lowest BCUT2D eigenvalue weighted by atomic mass is 10.2. The van der Waals surface area contributed by atoms with E-state index in [2.05, 4.69) is 0 Å². The highest BCUT2D eigenvalue weighted by Gasteiger charge is 2.16. The number of benzene rings is 1. The second kappa shape index (κ2) is 4.45. The van der Waals surface area contributed by atoms with E-state index in [1.54, 1.807) is 18.2 Å². The first kappa shape index (κ1) is 11.7. The molecule has 0 aliphatic heterocycles. The fourth-order valence-electron chi connectivity index (χ4n) is 1.35. The molecule has 3 nitrogen and oxygen atoms in total. The maximum absolute atomic E-state index is 11.3. The molecule has 0 fully saturated rings. The first-order valence-corrected chi connectivity index (χ1v) is 4.88. The van der Waals surface area contributed by atoms with E-state index in [1.807, 2.05) is 6.92 Å². The summed E-state index contributed by atoms with van der Waals surface area (Å²) in [5.41, 5.74) is 1.39. The zero-order chi connectivity index (χ0) is 11.6. The molecule has 0 radical (unpaired) electrons. The van der Waals surface area contributed by atoms with Gasteiger partial charge in [0.15, 0.2) is 0 Å². The van der Waals surface area contributed by atoms with Crippen molar-refractivity contribution < 1.29 is 9.59 Å². The number of carbonyl (C=O) groups is 2. The zero-order valence-electron chi connectivity index (χ0n) is 8.87. The number of amides is 2. The molecule has 0 unspecified atom stereocenters. The standard InChI is InChI=1S/C11H12ClNO2/c1-7-6-10(4-5-11(7)12)13(8(2)14)9(3)15/h4-6H,1-3H3. The van der Waals surface area contributed by atoms with Crippen molar-refractivity contribution >= 4 is 29.1 Å². The molecule has 0 aliphatic carbocycles. The average molecular weight is 226 g/mol. The number of rotatable bonds is 1. The van der Waals surface area contributed by atoms with Crippen LogP contribution in [0, 0.1) is 6.92 Å². The van der Waals surface area contributed by atoms with Gasteiger partial charge in [0.2, 0.25) is 11.8 Å². The van der Waals surface area contributed by atoms with E-state index in [9.17, 15) is 9.59 Å². The predicted molar refractivity (Wildman–Crippen MR) is 60.0 cm³/mol. The zero-order valence-corrected chi connectivity index (χ0v) is 9.63. The Hall–Kier alpha value is -1.35. The summed E-state index contributed by atoms with van der Waals surface area (Å²) in [5, 5.41) is 0.616. The number of hydrogen-bond acceptors (Lipinski definition) is 2. The number of imide groups is 1. The van der Waals surface area contributed by atoms with Crippen LogP contribution in [0.5, 0.6) is 0 Å². The van der Waals surface area contributed by atoms with E-state index >= 15 is 0 Å². The van der Waals surface area contributed by atoms with E-state index in [1.165, 1.54) is 13.8 Å². The first-order valence-electron chi connectivity index (χ1n) is 4.51. The van der Waals surface area contributed by atoms with E-state index in [0.29, 0.717) is 10.7 Å². The van der Waals surface area contributed by atoms with Crippen molar-refractivity contribution in [2.75, 3.05) is 4.90 Å². The molecule has 1 aromatic rings. The van der Waals surface area contributed by atoms with Gasteiger partial charge in [-0.3, -0.25) is 14.5 Å². The second-order valence-electron chi connectivity index (χ2n) is 3.31. The second-order valence-corrected chi connectivity index (χ2v) is 3.71. The van der Waals surface area contributed by atoms with Crippen LogP contribution < -0.4 is 4.90 Å². The van der Waals surface area contributed by atoms with Crippen molar-refractivity contribution in [2.45, 2.75) is 20.8 Å². The summed E-state index contributed by atoms with van der Waals surface area (Å²) in [4.78, 5) is 23.6. The molecule has 0 N–H and O–H groups in total. The Morgan fingerprint density at radius 2 is 1.73 bits per heavy atom. The van der Waals surface area contributed by atoms with Crippen LogP contribution in [0.1, 0.15) is 19.4 Å². The molecule has 1 rings (SSSR count). The minimum absolute atomic E-state index is 0.302. The van der Waals surface area contributed by atoms with Crippen molar-refractivity contribution in [3.63, 3.8) is 0 Å². The van der Waals surface area contributed by atoms with Crippen molar-refractivity contribution in [2.24, 2.45) is 0 Å². The minimum atomic E-state index is -0.302. The highest BCUT2D eigenvalue weighted by atomic mass is 35.5. The molecule has 80 valence electrons. The molecule has 0 atom stereocenters. The number of halogens is 1. The Kier molecular flexibility index (Phi) is 3.48. The smallest absolute Gasteiger partial charge is 0.230 e. The Labute approximate surface area is 93.6 Å². The number of anilines is 1. The lowest BCUT2D eigenvalue weighted by molar-refractivity contribution is -0.124. The van der Waals surface area contributed by atoms with Crippen LogP contribution >= 0.6 is 11.6 Å². The van der Waals surface area contributed by atoms with E-state index < -0.39 is 0 Å². The van der Waals surface area contributed by atoms with Crippen molar-refractivity contribution in [1.82, 2.24) is 0 Å². The molecule has 0 heterocycles. The van der Waals surface area contributed by atoms with E-state index in [-0.39, 0.29) is 11.8 Å². The van der Waals surface area contributed by atoms with Gasteiger partial charge in [-0.25, -0.2) is 0 Å². The summed E-state index contributed by atoms with van der Waals surface area (Å²) >= 11 is 5.86. The summed E-state index contributed by atoms with van der Waals surface area (Å²) in [6, 6.07) is 5.04. The molecule has 2 amide bonds. The average Bonchev–Trinajstić information content (AvgIpc) is 2.10. The molecule has 0 aliphatic rings. The topological polar surface area (TPSA) is 37.4 Å². The van der Waals surface area contributed by atoms with Crippen LogP contribution in [0.3, 0.4) is 0 Å². The first-order chi connectivity index (χ1) is 6.93. The molecule has 1 aromatic carbocycles. The van der Waals surface area contributed by atoms with Crippen LogP contribution in [0.15, 0.2) is 18.2 Å². The predicted octanol–water partition coefficient (Wildman–Crippen LogP) is 2.55. The van der Waals surface area contributed by atoms with E-state index in [0.717, 1.165) is 10.5 Å². The third-order valence-corrected chi connectivity index (χ3v) is 2.45. The van der Waals surface area contributed by atoms with Crippen LogP contribution in [0.2, 0.25) is 5.02 Å². The molecule has 0 spiro atoms. The molecular weight excluding hydrogens is 214 g/mol. The van der Waals surface area contributed by atoms with Crippen LogP contribution in [-0.2, 0) is 9.59 Å². The molecular formula is C11H12ClNO2. The van der Waals surface area contributed by atoms with Gasteiger partial charge in [-0.15, -0.1) is 0 Å². The molecule has 0 saturated carbocycles. The molecule has 4 heteroatoms. The normalized spacial score (nSPS) is 9.87. The lowest BCUT2D eigenvalue weighted by Crippen LogP contribution is -2.33. The Morgan fingerprint density at radius 3 is 2.13 bits per heavy atom. The van der Waals surface area contributed by atoms with Crippen LogP contribution in [0.25, 0.3) is 0 Å². The fraction of sp³-hybridized carbons (Fsp3) is 0.273. The summed E-state index contributed by atoms with van der Waals surface area (Å²) < 4.78 is 0. The number of carbonyl (C=O) groups excluding carboxylic acids is 2. The maximum Gasteiger partial charge on any atom is 0.230 e. The SMILES string of the molecule is CC(=O)N(C(C)=O)c1ccc(Cl)c(C)c1. The quantitative estimate of drug-likeness (QED) is 0.737. The van der Waals surface area contributed by atoms with E-state index in [4.69, 9.17) is 11.6 Å². The molecule has 0 bridgehead atoms. The van der Waals surface area contributed by atoms with Crippen LogP contribution in [0.4, 0.5) is 5.69 Å². The van der Waals surface area contributed by atoms with Gasteiger partial charge < -0.3 is 0 Å². The van der Waals surface area contributed by atoms with Crippen LogP contribution in [-0.4, -0.2) is 11.8 Å². The van der Waals surface area contributed by atoms with Gasteiger partial charge in [-0.05, 0) is 30.7 Å². The van der Waals surface area contributed by atoms with Gasteiger partial charge in [0.25, 0.3) is 0 Å². The highest BCUT2D eigenvalue weighted by Crippen LogP contribution is 2.22. The summed E-state index contributed by atoms with van der Waals surface area (Å²) in [6.07, 6.45) is 0.